The first-order valence-corrected chi connectivity index (χ1v) is 7.86. The number of aldehydes is 1. The Morgan fingerprint density at radius 3 is 2.58 bits per heavy atom. The first-order chi connectivity index (χ1) is 12.3. The van der Waals surface area contributed by atoms with Crippen molar-refractivity contribution >= 4 is 18.0 Å². The van der Waals surface area contributed by atoms with E-state index in [1.54, 1.807) is 0 Å². The minimum absolute atomic E-state index is 0.109. The average molecular weight is 364 g/mol. The van der Waals surface area contributed by atoms with Gasteiger partial charge in [0.25, 0.3) is 0 Å². The Balaban J connectivity index is 2.18. The molecule has 8 heteroatoms. The van der Waals surface area contributed by atoms with Crippen LogP contribution < -0.4 is 9.64 Å². The SMILES string of the molecule is COc1ccc(C(F)(F)F)cc1-c1cc(N2CCCC2=O)ncc1C=O. The van der Waals surface area contributed by atoms with Crippen molar-refractivity contribution in [3.8, 4) is 16.9 Å². The van der Waals surface area contributed by atoms with Crippen molar-refractivity contribution in [3.05, 3.63) is 41.6 Å². The fourth-order valence-corrected chi connectivity index (χ4v) is 2.91. The number of aromatic nitrogens is 1. The molecule has 3 rings (SSSR count). The molecule has 1 aromatic heterocycles. The highest BCUT2D eigenvalue weighted by atomic mass is 19.4. The van der Waals surface area contributed by atoms with Gasteiger partial charge in [-0.05, 0) is 30.7 Å². The maximum atomic E-state index is 13.1. The summed E-state index contributed by atoms with van der Waals surface area (Å²) >= 11 is 0. The molecule has 0 bridgehead atoms. The summed E-state index contributed by atoms with van der Waals surface area (Å²) < 4.78 is 44.5. The third-order valence-electron chi connectivity index (χ3n) is 4.21. The number of ether oxygens (including phenoxy) is 1. The van der Waals surface area contributed by atoms with Crippen molar-refractivity contribution in [1.29, 1.82) is 0 Å². The highest BCUT2D eigenvalue weighted by Gasteiger charge is 2.32. The van der Waals surface area contributed by atoms with Crippen molar-refractivity contribution in [2.24, 2.45) is 0 Å². The number of anilines is 1. The topological polar surface area (TPSA) is 59.5 Å². The third kappa shape index (κ3) is 3.26. The molecule has 0 radical (unpaired) electrons. The molecule has 1 amide bonds. The van der Waals surface area contributed by atoms with Crippen LogP contribution in [0.25, 0.3) is 11.1 Å². The maximum absolute atomic E-state index is 13.1. The number of alkyl halides is 3. The Morgan fingerprint density at radius 2 is 2.00 bits per heavy atom. The summed E-state index contributed by atoms with van der Waals surface area (Å²) in [6.07, 6.45) is -1.71. The van der Waals surface area contributed by atoms with Gasteiger partial charge in [-0.3, -0.25) is 14.5 Å². The second-order valence-electron chi connectivity index (χ2n) is 5.81. The second kappa shape index (κ2) is 6.78. The molecule has 5 nitrogen and oxygen atoms in total. The van der Waals surface area contributed by atoms with Gasteiger partial charge in [-0.1, -0.05) is 0 Å². The van der Waals surface area contributed by atoms with Gasteiger partial charge in [-0.2, -0.15) is 13.2 Å². The minimum Gasteiger partial charge on any atom is -0.496 e. The molecule has 1 aliphatic heterocycles. The van der Waals surface area contributed by atoms with Gasteiger partial charge in [0.2, 0.25) is 5.91 Å². The molecular formula is C18H15F3N2O3. The van der Waals surface area contributed by atoms with E-state index in [1.807, 2.05) is 0 Å². The molecule has 0 unspecified atom stereocenters. The van der Waals surface area contributed by atoms with E-state index in [2.05, 4.69) is 4.98 Å². The fraction of sp³-hybridized carbons (Fsp3) is 0.278. The number of rotatable bonds is 4. The predicted octanol–water partition coefficient (Wildman–Crippen LogP) is 3.72. The van der Waals surface area contributed by atoms with Crippen LogP contribution in [0.5, 0.6) is 5.75 Å². The molecule has 0 N–H and O–H groups in total. The van der Waals surface area contributed by atoms with Crippen LogP contribution in [0, 0.1) is 0 Å². The summed E-state index contributed by atoms with van der Waals surface area (Å²) in [7, 11) is 1.33. The van der Waals surface area contributed by atoms with Gasteiger partial charge in [0.1, 0.15) is 11.6 Å². The molecule has 0 saturated carbocycles. The van der Waals surface area contributed by atoms with E-state index in [0.29, 0.717) is 31.5 Å². The first-order valence-electron chi connectivity index (χ1n) is 7.86. The van der Waals surface area contributed by atoms with Gasteiger partial charge >= 0.3 is 6.18 Å². The Labute approximate surface area is 147 Å². The minimum atomic E-state index is -4.54. The molecule has 1 aliphatic rings. The lowest BCUT2D eigenvalue weighted by molar-refractivity contribution is -0.137. The molecular weight excluding hydrogens is 349 g/mol. The number of halogens is 3. The highest BCUT2D eigenvalue weighted by molar-refractivity contribution is 5.96. The zero-order valence-electron chi connectivity index (χ0n) is 13.8. The number of nitrogens with zero attached hydrogens (tertiary/aromatic N) is 2. The van der Waals surface area contributed by atoms with Gasteiger partial charge < -0.3 is 4.74 Å². The fourth-order valence-electron chi connectivity index (χ4n) is 2.91. The highest BCUT2D eigenvalue weighted by Crippen LogP contribution is 2.39. The van der Waals surface area contributed by atoms with E-state index in [0.717, 1.165) is 12.1 Å². The Kier molecular flexibility index (Phi) is 4.67. The van der Waals surface area contributed by atoms with E-state index in [9.17, 15) is 22.8 Å². The van der Waals surface area contributed by atoms with Gasteiger partial charge in [0.15, 0.2) is 6.29 Å². The molecule has 2 heterocycles. The third-order valence-corrected chi connectivity index (χ3v) is 4.21. The zero-order valence-corrected chi connectivity index (χ0v) is 13.8. The van der Waals surface area contributed by atoms with Gasteiger partial charge in [-0.25, -0.2) is 4.98 Å². The van der Waals surface area contributed by atoms with Crippen LogP contribution in [0.1, 0.15) is 28.8 Å². The van der Waals surface area contributed by atoms with Crippen LogP contribution in [-0.4, -0.2) is 30.8 Å². The van der Waals surface area contributed by atoms with Crippen molar-refractivity contribution < 1.29 is 27.5 Å². The second-order valence-corrected chi connectivity index (χ2v) is 5.81. The van der Waals surface area contributed by atoms with Gasteiger partial charge in [0, 0.05) is 35.9 Å². The first kappa shape index (κ1) is 17.9. The number of carbonyl (C=O) groups excluding carboxylic acids is 2. The molecule has 136 valence electrons. The largest absolute Gasteiger partial charge is 0.496 e. The van der Waals surface area contributed by atoms with Crippen LogP contribution in [0.3, 0.4) is 0 Å². The van der Waals surface area contributed by atoms with Crippen molar-refractivity contribution in [3.63, 3.8) is 0 Å². The maximum Gasteiger partial charge on any atom is 0.416 e. The molecule has 26 heavy (non-hydrogen) atoms. The zero-order chi connectivity index (χ0) is 18.9. The Bertz CT molecular complexity index is 865. The van der Waals surface area contributed by atoms with Crippen LogP contribution >= 0.6 is 0 Å². The molecule has 1 fully saturated rings. The number of pyridine rings is 1. The summed E-state index contributed by atoms with van der Waals surface area (Å²) in [5.74, 6) is 0.372. The number of benzene rings is 1. The summed E-state index contributed by atoms with van der Waals surface area (Å²) in [6.45, 7) is 0.478. The van der Waals surface area contributed by atoms with Crippen molar-refractivity contribution in [2.75, 3.05) is 18.6 Å². The lowest BCUT2D eigenvalue weighted by atomic mass is 9.98. The van der Waals surface area contributed by atoms with Crippen LogP contribution in [0.2, 0.25) is 0 Å². The van der Waals surface area contributed by atoms with E-state index in [-0.39, 0.29) is 28.3 Å². The van der Waals surface area contributed by atoms with E-state index >= 15 is 0 Å². The van der Waals surface area contributed by atoms with Crippen molar-refractivity contribution in [1.82, 2.24) is 4.98 Å². The quantitative estimate of drug-likeness (QED) is 0.776. The van der Waals surface area contributed by atoms with Gasteiger partial charge in [-0.15, -0.1) is 0 Å². The normalized spacial score (nSPS) is 14.6. The van der Waals surface area contributed by atoms with E-state index in [1.165, 1.54) is 30.3 Å². The number of hydrogen-bond donors (Lipinski definition) is 0. The Morgan fingerprint density at radius 1 is 1.23 bits per heavy atom. The summed E-state index contributed by atoms with van der Waals surface area (Å²) in [6, 6.07) is 4.49. The molecule has 0 atom stereocenters. The summed E-state index contributed by atoms with van der Waals surface area (Å²) in [5, 5.41) is 0. The van der Waals surface area contributed by atoms with E-state index < -0.39 is 11.7 Å². The van der Waals surface area contributed by atoms with E-state index in [4.69, 9.17) is 4.74 Å². The lowest BCUT2D eigenvalue weighted by Gasteiger charge is -2.18. The Hall–Kier alpha value is -2.90. The standard InChI is InChI=1S/C18H15F3N2O3/c1-26-15-5-4-12(18(19,20)21)7-14(15)13-8-16(22-9-11(13)10-24)23-6-2-3-17(23)25/h4-5,7-10H,2-3,6H2,1H3. The van der Waals surface area contributed by atoms with Gasteiger partial charge in [0.05, 0.1) is 12.7 Å². The summed E-state index contributed by atoms with van der Waals surface area (Å²) in [5.41, 5.74) is -0.411. The van der Waals surface area contributed by atoms with Crippen LogP contribution in [0.4, 0.5) is 19.0 Å². The number of hydrogen-bond acceptors (Lipinski definition) is 4. The van der Waals surface area contributed by atoms with Crippen LogP contribution in [-0.2, 0) is 11.0 Å². The number of carbonyl (C=O) groups is 2. The van der Waals surface area contributed by atoms with Crippen LogP contribution in [0.15, 0.2) is 30.5 Å². The number of methoxy groups -OCH3 is 1. The van der Waals surface area contributed by atoms with Crippen molar-refractivity contribution in [2.45, 2.75) is 19.0 Å². The molecule has 1 aromatic carbocycles. The number of amides is 1. The molecule has 2 aromatic rings. The molecule has 0 spiro atoms. The molecule has 1 saturated heterocycles. The molecule has 0 aliphatic carbocycles. The summed E-state index contributed by atoms with van der Waals surface area (Å²) in [4.78, 5) is 28.9. The monoisotopic (exact) mass is 364 g/mol. The predicted molar refractivity (Wildman–Crippen MR) is 88.2 cm³/mol. The average Bonchev–Trinajstić information content (AvgIpc) is 3.05. The smallest absolute Gasteiger partial charge is 0.416 e. The lowest BCUT2D eigenvalue weighted by Crippen LogP contribution is -2.24.